The second-order valence-electron chi connectivity index (χ2n) is 5.91. The summed E-state index contributed by atoms with van der Waals surface area (Å²) in [4.78, 5) is 0. The van der Waals surface area contributed by atoms with Gasteiger partial charge in [-0.05, 0) is 43.0 Å². The lowest BCUT2D eigenvalue weighted by Crippen LogP contribution is -2.23. The van der Waals surface area contributed by atoms with Crippen molar-refractivity contribution in [3.63, 3.8) is 0 Å². The van der Waals surface area contributed by atoms with Crippen molar-refractivity contribution in [2.45, 2.75) is 44.7 Å². The van der Waals surface area contributed by atoms with Gasteiger partial charge in [-0.2, -0.15) is 0 Å². The van der Waals surface area contributed by atoms with Gasteiger partial charge >= 0.3 is 0 Å². The monoisotopic (exact) mass is 268 g/mol. The highest BCUT2D eigenvalue weighted by Crippen LogP contribution is 2.33. The molecular formula is C16H20N4. The van der Waals surface area contributed by atoms with Crippen LogP contribution in [-0.2, 0) is 13.0 Å². The SMILES string of the molecule is c1cc2c(cc1-c1nncn1C1CCCC1)CNCC2. The number of benzene rings is 1. The van der Waals surface area contributed by atoms with E-state index in [0.717, 1.165) is 25.3 Å². The Hall–Kier alpha value is -1.68. The van der Waals surface area contributed by atoms with Crippen LogP contribution in [-0.4, -0.2) is 21.3 Å². The quantitative estimate of drug-likeness (QED) is 0.910. The van der Waals surface area contributed by atoms with Gasteiger partial charge in [0.2, 0.25) is 0 Å². The molecule has 0 atom stereocenters. The van der Waals surface area contributed by atoms with Gasteiger partial charge in [0.1, 0.15) is 6.33 Å². The van der Waals surface area contributed by atoms with Crippen LogP contribution < -0.4 is 5.32 Å². The molecule has 0 saturated heterocycles. The molecule has 4 heteroatoms. The Morgan fingerprint density at radius 2 is 2.05 bits per heavy atom. The van der Waals surface area contributed by atoms with Gasteiger partial charge in [0.15, 0.2) is 5.82 Å². The van der Waals surface area contributed by atoms with Crippen LogP contribution in [0.4, 0.5) is 0 Å². The molecular weight excluding hydrogens is 248 g/mol. The topological polar surface area (TPSA) is 42.7 Å². The lowest BCUT2D eigenvalue weighted by molar-refractivity contribution is 0.522. The van der Waals surface area contributed by atoms with E-state index in [1.54, 1.807) is 0 Å². The number of rotatable bonds is 2. The number of aromatic nitrogens is 3. The summed E-state index contributed by atoms with van der Waals surface area (Å²) in [6.07, 6.45) is 8.22. The molecule has 1 fully saturated rings. The molecule has 2 aromatic rings. The Kier molecular flexibility index (Phi) is 3.03. The first-order valence-corrected chi connectivity index (χ1v) is 7.64. The highest BCUT2D eigenvalue weighted by molar-refractivity contribution is 5.58. The fourth-order valence-corrected chi connectivity index (χ4v) is 3.52. The third kappa shape index (κ3) is 2.04. The van der Waals surface area contributed by atoms with Crippen LogP contribution in [0.5, 0.6) is 0 Å². The van der Waals surface area contributed by atoms with E-state index in [4.69, 9.17) is 0 Å². The van der Waals surface area contributed by atoms with E-state index in [0.29, 0.717) is 6.04 Å². The Bertz CT molecular complexity index is 611. The molecule has 4 rings (SSSR count). The molecule has 1 aromatic heterocycles. The molecule has 1 aliphatic carbocycles. The summed E-state index contributed by atoms with van der Waals surface area (Å²) in [5, 5.41) is 12.0. The molecule has 1 saturated carbocycles. The van der Waals surface area contributed by atoms with Crippen molar-refractivity contribution in [1.82, 2.24) is 20.1 Å². The molecule has 2 heterocycles. The van der Waals surface area contributed by atoms with E-state index in [1.807, 2.05) is 6.33 Å². The van der Waals surface area contributed by atoms with Crippen LogP contribution in [0.15, 0.2) is 24.5 Å². The zero-order valence-electron chi connectivity index (χ0n) is 11.7. The van der Waals surface area contributed by atoms with Crippen molar-refractivity contribution in [1.29, 1.82) is 0 Å². The molecule has 0 unspecified atom stereocenters. The van der Waals surface area contributed by atoms with Gasteiger partial charge in [-0.3, -0.25) is 0 Å². The summed E-state index contributed by atoms with van der Waals surface area (Å²) in [5.41, 5.74) is 4.09. The molecule has 1 N–H and O–H groups in total. The van der Waals surface area contributed by atoms with Gasteiger partial charge in [-0.25, -0.2) is 0 Å². The van der Waals surface area contributed by atoms with Gasteiger partial charge in [0.05, 0.1) is 0 Å². The van der Waals surface area contributed by atoms with Crippen molar-refractivity contribution < 1.29 is 0 Å². The predicted octanol–water partition coefficient (Wildman–Crippen LogP) is 2.71. The molecule has 1 aromatic carbocycles. The van der Waals surface area contributed by atoms with Crippen LogP contribution in [0, 0.1) is 0 Å². The minimum Gasteiger partial charge on any atom is -0.312 e. The van der Waals surface area contributed by atoms with Gasteiger partial charge in [0.25, 0.3) is 0 Å². The maximum atomic E-state index is 4.37. The minimum atomic E-state index is 0.592. The van der Waals surface area contributed by atoms with Crippen molar-refractivity contribution in [2.24, 2.45) is 0 Å². The van der Waals surface area contributed by atoms with Crippen molar-refractivity contribution in [3.8, 4) is 11.4 Å². The van der Waals surface area contributed by atoms with Gasteiger partial charge in [0, 0.05) is 18.2 Å². The van der Waals surface area contributed by atoms with Crippen LogP contribution in [0.25, 0.3) is 11.4 Å². The van der Waals surface area contributed by atoms with Gasteiger partial charge < -0.3 is 9.88 Å². The van der Waals surface area contributed by atoms with Crippen LogP contribution in [0.1, 0.15) is 42.9 Å². The molecule has 104 valence electrons. The molecule has 0 amide bonds. The Morgan fingerprint density at radius 3 is 2.95 bits per heavy atom. The summed E-state index contributed by atoms with van der Waals surface area (Å²) in [6.45, 7) is 2.06. The van der Waals surface area contributed by atoms with Crippen molar-refractivity contribution >= 4 is 0 Å². The lowest BCUT2D eigenvalue weighted by Gasteiger charge is -2.19. The van der Waals surface area contributed by atoms with Crippen LogP contribution >= 0.6 is 0 Å². The first-order valence-electron chi connectivity index (χ1n) is 7.64. The zero-order chi connectivity index (χ0) is 13.4. The first-order chi connectivity index (χ1) is 9.92. The highest BCUT2D eigenvalue weighted by atomic mass is 15.3. The Labute approximate surface area is 119 Å². The maximum absolute atomic E-state index is 4.37. The summed E-state index contributed by atoms with van der Waals surface area (Å²) in [7, 11) is 0. The van der Waals surface area contributed by atoms with E-state index in [2.05, 4.69) is 38.3 Å². The minimum absolute atomic E-state index is 0.592. The number of hydrogen-bond acceptors (Lipinski definition) is 3. The van der Waals surface area contributed by atoms with E-state index < -0.39 is 0 Å². The average molecular weight is 268 g/mol. The first kappa shape index (κ1) is 12.1. The largest absolute Gasteiger partial charge is 0.312 e. The normalized spacial score (nSPS) is 19.2. The number of nitrogens with one attached hydrogen (secondary N) is 1. The second kappa shape index (κ2) is 5.02. The molecule has 20 heavy (non-hydrogen) atoms. The molecule has 0 radical (unpaired) electrons. The van der Waals surface area contributed by atoms with Crippen LogP contribution in [0.3, 0.4) is 0 Å². The number of hydrogen-bond donors (Lipinski definition) is 1. The van der Waals surface area contributed by atoms with E-state index in [9.17, 15) is 0 Å². The third-order valence-corrected chi connectivity index (χ3v) is 4.64. The van der Waals surface area contributed by atoms with E-state index in [1.165, 1.54) is 42.4 Å². The third-order valence-electron chi connectivity index (χ3n) is 4.64. The second-order valence-corrected chi connectivity index (χ2v) is 5.91. The molecule has 0 bridgehead atoms. The summed E-state index contributed by atoms with van der Waals surface area (Å²) >= 11 is 0. The van der Waals surface area contributed by atoms with E-state index in [-0.39, 0.29) is 0 Å². The van der Waals surface area contributed by atoms with Gasteiger partial charge in [-0.15, -0.1) is 10.2 Å². The maximum Gasteiger partial charge on any atom is 0.164 e. The molecule has 0 spiro atoms. The molecule has 2 aliphatic rings. The van der Waals surface area contributed by atoms with Crippen molar-refractivity contribution in [2.75, 3.05) is 6.54 Å². The van der Waals surface area contributed by atoms with E-state index >= 15 is 0 Å². The van der Waals surface area contributed by atoms with Crippen LogP contribution in [0.2, 0.25) is 0 Å². The number of nitrogens with zero attached hydrogens (tertiary/aromatic N) is 3. The lowest BCUT2D eigenvalue weighted by atomic mass is 9.98. The summed E-state index contributed by atoms with van der Waals surface area (Å²) < 4.78 is 2.28. The average Bonchev–Trinajstić information content (AvgIpc) is 3.17. The summed E-state index contributed by atoms with van der Waals surface area (Å²) in [6, 6.07) is 7.35. The summed E-state index contributed by atoms with van der Waals surface area (Å²) in [5.74, 6) is 1.03. The zero-order valence-corrected chi connectivity index (χ0v) is 11.7. The molecule has 4 nitrogen and oxygen atoms in total. The standard InChI is InChI=1S/C16H20N4/c1-2-4-15(3-1)20-11-18-19-16(20)13-6-5-12-7-8-17-10-14(12)9-13/h5-6,9,11,15,17H,1-4,7-8,10H2. The predicted molar refractivity (Wildman–Crippen MR) is 78.4 cm³/mol. The Balaban J connectivity index is 1.72. The molecule has 1 aliphatic heterocycles. The van der Waals surface area contributed by atoms with Gasteiger partial charge in [-0.1, -0.05) is 25.0 Å². The fraction of sp³-hybridized carbons (Fsp3) is 0.500. The Morgan fingerprint density at radius 1 is 1.15 bits per heavy atom. The fourth-order valence-electron chi connectivity index (χ4n) is 3.52. The van der Waals surface area contributed by atoms with Crippen molar-refractivity contribution in [3.05, 3.63) is 35.7 Å². The highest BCUT2D eigenvalue weighted by Gasteiger charge is 2.21. The number of fused-ring (bicyclic) bond motifs is 1. The smallest absolute Gasteiger partial charge is 0.164 e.